The first-order chi connectivity index (χ1) is 10.7. The molecule has 0 radical (unpaired) electrons. The lowest BCUT2D eigenvalue weighted by atomic mass is 10.1. The molecule has 1 amide bonds. The second kappa shape index (κ2) is 6.58. The van der Waals surface area contributed by atoms with Gasteiger partial charge in [-0.1, -0.05) is 5.16 Å². The van der Waals surface area contributed by atoms with E-state index >= 15 is 0 Å². The fraction of sp³-hybridized carbons (Fsp3) is 0.714. The number of amides is 1. The Kier molecular flexibility index (Phi) is 5.12. The third-order valence-electron chi connectivity index (χ3n) is 4.18. The highest BCUT2D eigenvalue weighted by atomic mass is 32.2. The second-order valence-electron chi connectivity index (χ2n) is 5.75. The number of hydrogen-bond acceptors (Lipinski definition) is 6. The predicted molar refractivity (Wildman–Crippen MR) is 84.2 cm³/mol. The van der Waals surface area contributed by atoms with Crippen molar-refractivity contribution >= 4 is 15.9 Å². The van der Waals surface area contributed by atoms with Gasteiger partial charge < -0.3 is 15.2 Å². The van der Waals surface area contributed by atoms with Crippen molar-refractivity contribution in [3.63, 3.8) is 0 Å². The third kappa shape index (κ3) is 3.13. The minimum Gasteiger partial charge on any atom is -0.360 e. The van der Waals surface area contributed by atoms with Gasteiger partial charge in [-0.25, -0.2) is 8.42 Å². The minimum atomic E-state index is -3.88. The topological polar surface area (TPSA) is 110 Å². The fourth-order valence-electron chi connectivity index (χ4n) is 3.03. The summed E-state index contributed by atoms with van der Waals surface area (Å²) in [6.07, 6.45) is 0.317. The van der Waals surface area contributed by atoms with Gasteiger partial charge in [-0.15, -0.1) is 0 Å². The van der Waals surface area contributed by atoms with Gasteiger partial charge in [0.2, 0.25) is 15.9 Å². The zero-order chi connectivity index (χ0) is 17.4. The zero-order valence-corrected chi connectivity index (χ0v) is 14.8. The van der Waals surface area contributed by atoms with E-state index in [0.717, 1.165) is 0 Å². The number of aryl methyl sites for hydroxylation is 2. The molecule has 2 rings (SSSR count). The van der Waals surface area contributed by atoms with E-state index in [1.807, 2.05) is 13.8 Å². The minimum absolute atomic E-state index is 0.0314. The molecule has 1 aliphatic heterocycles. The molecule has 8 nitrogen and oxygen atoms in total. The Morgan fingerprint density at radius 2 is 2.00 bits per heavy atom. The van der Waals surface area contributed by atoms with E-state index in [1.165, 1.54) is 4.31 Å². The van der Waals surface area contributed by atoms with E-state index in [4.69, 9.17) is 10.3 Å². The molecule has 0 unspecified atom stereocenters. The Morgan fingerprint density at radius 3 is 2.48 bits per heavy atom. The molecule has 2 atom stereocenters. The van der Waals surface area contributed by atoms with Gasteiger partial charge in [0, 0.05) is 25.7 Å². The highest BCUT2D eigenvalue weighted by Gasteiger charge is 2.45. The molecule has 0 saturated carbocycles. The second-order valence-corrected chi connectivity index (χ2v) is 7.58. The largest absolute Gasteiger partial charge is 0.360 e. The lowest BCUT2D eigenvalue weighted by Crippen LogP contribution is -2.47. The van der Waals surface area contributed by atoms with Crippen molar-refractivity contribution in [2.24, 2.45) is 5.73 Å². The first-order valence-corrected chi connectivity index (χ1v) is 9.17. The maximum absolute atomic E-state index is 13.0. The van der Waals surface area contributed by atoms with Gasteiger partial charge in [0.1, 0.15) is 16.6 Å². The van der Waals surface area contributed by atoms with Crippen molar-refractivity contribution in [2.45, 2.75) is 51.1 Å². The van der Waals surface area contributed by atoms with Crippen molar-refractivity contribution < 1.29 is 17.7 Å². The Hall–Kier alpha value is -1.45. The van der Waals surface area contributed by atoms with Crippen LogP contribution < -0.4 is 5.73 Å². The smallest absolute Gasteiger partial charge is 0.249 e. The molecule has 0 bridgehead atoms. The van der Waals surface area contributed by atoms with Crippen LogP contribution in [0.2, 0.25) is 0 Å². The number of rotatable bonds is 5. The average Bonchev–Trinajstić information content (AvgIpc) is 3.03. The van der Waals surface area contributed by atoms with Crippen LogP contribution in [0.1, 0.15) is 31.7 Å². The third-order valence-corrected chi connectivity index (χ3v) is 6.30. The first-order valence-electron chi connectivity index (χ1n) is 7.73. The van der Waals surface area contributed by atoms with Crippen LogP contribution in [-0.4, -0.2) is 60.4 Å². The number of aromatic nitrogens is 1. The molecule has 130 valence electrons. The molecular weight excluding hydrogens is 320 g/mol. The summed E-state index contributed by atoms with van der Waals surface area (Å²) in [4.78, 5) is 14.3. The van der Waals surface area contributed by atoms with Crippen molar-refractivity contribution in [1.82, 2.24) is 14.4 Å². The van der Waals surface area contributed by atoms with Crippen LogP contribution >= 0.6 is 0 Å². The molecule has 9 heteroatoms. The van der Waals surface area contributed by atoms with Gasteiger partial charge in [-0.05, 0) is 34.1 Å². The summed E-state index contributed by atoms with van der Waals surface area (Å²) < 4.78 is 32.2. The molecule has 0 spiro atoms. The monoisotopic (exact) mass is 344 g/mol. The normalized spacial score (nSPS) is 22.5. The van der Waals surface area contributed by atoms with Gasteiger partial charge in [0.15, 0.2) is 5.76 Å². The molecule has 1 aromatic heterocycles. The lowest BCUT2D eigenvalue weighted by molar-refractivity contribution is -0.134. The van der Waals surface area contributed by atoms with Gasteiger partial charge in [-0.2, -0.15) is 4.31 Å². The SMILES string of the molecule is CCN(CC)C(=O)[C@@H]1C[C@@H](N)CN1S(=O)(=O)c1c(C)noc1C. The Morgan fingerprint density at radius 1 is 1.39 bits per heavy atom. The first kappa shape index (κ1) is 17.9. The maximum atomic E-state index is 13.0. The van der Waals surface area contributed by atoms with E-state index in [1.54, 1.807) is 18.7 Å². The van der Waals surface area contributed by atoms with Crippen LogP contribution in [-0.2, 0) is 14.8 Å². The number of likely N-dealkylation sites (N-methyl/N-ethyl adjacent to an activating group) is 1. The number of carbonyl (C=O) groups is 1. The standard InChI is InChI=1S/C14H24N4O4S/c1-5-17(6-2)14(19)12-7-11(15)8-18(12)23(20,21)13-9(3)16-22-10(13)4/h11-12H,5-8,15H2,1-4H3/t11-,12+/m1/s1. The number of hydrogen-bond donors (Lipinski definition) is 1. The summed E-state index contributed by atoms with van der Waals surface area (Å²) in [6.45, 7) is 8.02. The van der Waals surface area contributed by atoms with Crippen LogP contribution in [0.4, 0.5) is 0 Å². The lowest BCUT2D eigenvalue weighted by Gasteiger charge is -2.28. The molecule has 1 saturated heterocycles. The van der Waals surface area contributed by atoms with Crippen molar-refractivity contribution in [3.8, 4) is 0 Å². The number of carbonyl (C=O) groups excluding carboxylic acids is 1. The molecule has 2 heterocycles. The summed E-state index contributed by atoms with van der Waals surface area (Å²) in [7, 11) is -3.88. The zero-order valence-electron chi connectivity index (χ0n) is 13.9. The average molecular weight is 344 g/mol. The molecule has 1 aliphatic rings. The summed E-state index contributed by atoms with van der Waals surface area (Å²) in [5, 5.41) is 3.70. The fourth-order valence-corrected chi connectivity index (χ4v) is 4.98. The van der Waals surface area contributed by atoms with Crippen LogP contribution in [0, 0.1) is 13.8 Å². The van der Waals surface area contributed by atoms with Crippen LogP contribution in [0.15, 0.2) is 9.42 Å². The Balaban J connectivity index is 2.41. The molecule has 23 heavy (non-hydrogen) atoms. The number of sulfonamides is 1. The number of nitrogens with two attached hydrogens (primary N) is 1. The summed E-state index contributed by atoms with van der Waals surface area (Å²) in [6, 6.07) is -1.14. The van der Waals surface area contributed by atoms with Crippen LogP contribution in [0.25, 0.3) is 0 Å². The van der Waals surface area contributed by atoms with E-state index < -0.39 is 16.1 Å². The van der Waals surface area contributed by atoms with Crippen molar-refractivity contribution in [2.75, 3.05) is 19.6 Å². The molecule has 2 N–H and O–H groups in total. The van der Waals surface area contributed by atoms with Gasteiger partial charge in [0.25, 0.3) is 0 Å². The molecule has 1 aromatic rings. The predicted octanol–water partition coefficient (Wildman–Crippen LogP) is 0.250. The van der Waals surface area contributed by atoms with Gasteiger partial charge >= 0.3 is 0 Å². The molecule has 0 aliphatic carbocycles. The van der Waals surface area contributed by atoms with Crippen LogP contribution in [0.5, 0.6) is 0 Å². The van der Waals surface area contributed by atoms with Crippen LogP contribution in [0.3, 0.4) is 0 Å². The summed E-state index contributed by atoms with van der Waals surface area (Å²) in [5.74, 6) is 0.00953. The quantitative estimate of drug-likeness (QED) is 0.820. The molecule has 1 fully saturated rings. The highest BCUT2D eigenvalue weighted by molar-refractivity contribution is 7.89. The highest BCUT2D eigenvalue weighted by Crippen LogP contribution is 2.30. The van der Waals surface area contributed by atoms with E-state index in [-0.39, 0.29) is 34.8 Å². The van der Waals surface area contributed by atoms with E-state index in [0.29, 0.717) is 19.5 Å². The maximum Gasteiger partial charge on any atom is 0.249 e. The van der Waals surface area contributed by atoms with E-state index in [9.17, 15) is 13.2 Å². The molecular formula is C14H24N4O4S. The van der Waals surface area contributed by atoms with Gasteiger partial charge in [0.05, 0.1) is 0 Å². The number of nitrogens with zero attached hydrogens (tertiary/aromatic N) is 3. The molecule has 0 aromatic carbocycles. The summed E-state index contributed by atoms with van der Waals surface area (Å²) >= 11 is 0. The van der Waals surface area contributed by atoms with Crippen molar-refractivity contribution in [3.05, 3.63) is 11.5 Å². The Bertz CT molecular complexity index is 661. The summed E-state index contributed by atoms with van der Waals surface area (Å²) in [5.41, 5.74) is 6.24. The van der Waals surface area contributed by atoms with Crippen molar-refractivity contribution in [1.29, 1.82) is 0 Å². The Labute approximate surface area is 136 Å². The van der Waals surface area contributed by atoms with E-state index in [2.05, 4.69) is 5.16 Å². The van der Waals surface area contributed by atoms with Gasteiger partial charge in [-0.3, -0.25) is 4.79 Å².